The highest BCUT2D eigenvalue weighted by molar-refractivity contribution is 7.90. The van der Waals surface area contributed by atoms with Crippen LogP contribution in [0.15, 0.2) is 23.1 Å². The number of carbonyl (C=O) groups is 1. The highest BCUT2D eigenvalue weighted by atomic mass is 35.5. The second-order valence-electron chi connectivity index (χ2n) is 4.29. The summed E-state index contributed by atoms with van der Waals surface area (Å²) in [7, 11) is -3.28. The average Bonchev–Trinajstić information content (AvgIpc) is 2.29. The van der Waals surface area contributed by atoms with Crippen LogP contribution in [-0.4, -0.2) is 26.5 Å². The first-order chi connectivity index (χ1) is 8.25. The molecule has 1 amide bonds. The first-order valence-corrected chi connectivity index (χ1v) is 7.86. The van der Waals surface area contributed by atoms with Gasteiger partial charge in [-0.05, 0) is 24.6 Å². The summed E-state index contributed by atoms with van der Waals surface area (Å²) >= 11 is 5.60. The molecule has 1 N–H and O–H groups in total. The van der Waals surface area contributed by atoms with Crippen LogP contribution >= 0.6 is 11.6 Å². The normalized spacial score (nSPS) is 13.1. The molecule has 18 heavy (non-hydrogen) atoms. The summed E-state index contributed by atoms with van der Waals surface area (Å²) in [6, 6.07) is 4.65. The Kier molecular flexibility index (Phi) is 4.76. The van der Waals surface area contributed by atoms with E-state index in [9.17, 15) is 13.2 Å². The highest BCUT2D eigenvalue weighted by Crippen LogP contribution is 2.20. The largest absolute Gasteiger partial charge is 0.326 e. The molecule has 0 saturated carbocycles. The van der Waals surface area contributed by atoms with Crippen LogP contribution in [0.2, 0.25) is 0 Å². The minimum Gasteiger partial charge on any atom is -0.326 e. The van der Waals surface area contributed by atoms with Gasteiger partial charge in [0.05, 0.1) is 4.90 Å². The predicted molar refractivity (Wildman–Crippen MR) is 72.8 cm³/mol. The van der Waals surface area contributed by atoms with Crippen LogP contribution < -0.4 is 5.32 Å². The smallest absolute Gasteiger partial charge is 0.228 e. The molecule has 6 heteroatoms. The number of aryl methyl sites for hydroxylation is 1. The molecule has 0 heterocycles. The number of hydrogen-bond acceptors (Lipinski definition) is 3. The van der Waals surface area contributed by atoms with E-state index in [2.05, 4.69) is 5.32 Å². The number of alkyl halides is 1. The molecule has 1 aromatic carbocycles. The van der Waals surface area contributed by atoms with Gasteiger partial charge in [-0.15, -0.1) is 11.6 Å². The topological polar surface area (TPSA) is 63.2 Å². The zero-order valence-electron chi connectivity index (χ0n) is 10.5. The summed E-state index contributed by atoms with van der Waals surface area (Å²) in [5.74, 6) is -0.330. The maximum absolute atomic E-state index is 11.7. The molecular weight excluding hydrogens is 274 g/mol. The van der Waals surface area contributed by atoms with Crippen LogP contribution in [0.3, 0.4) is 0 Å². The van der Waals surface area contributed by atoms with E-state index in [1.807, 2.05) is 0 Å². The third-order valence-electron chi connectivity index (χ3n) is 2.57. The number of carbonyl (C=O) groups excluding carboxylic acids is 1. The molecule has 0 saturated heterocycles. The Balaban J connectivity index is 3.06. The molecule has 1 rings (SSSR count). The van der Waals surface area contributed by atoms with E-state index in [0.29, 0.717) is 5.69 Å². The van der Waals surface area contributed by atoms with Gasteiger partial charge in [0.25, 0.3) is 0 Å². The Labute approximate surface area is 112 Å². The first-order valence-electron chi connectivity index (χ1n) is 5.43. The third kappa shape index (κ3) is 3.71. The number of benzene rings is 1. The van der Waals surface area contributed by atoms with Crippen LogP contribution in [0, 0.1) is 12.8 Å². The summed E-state index contributed by atoms with van der Waals surface area (Å²) in [6.07, 6.45) is 1.13. The van der Waals surface area contributed by atoms with Gasteiger partial charge >= 0.3 is 0 Å². The van der Waals surface area contributed by atoms with Crippen molar-refractivity contribution < 1.29 is 13.2 Å². The van der Waals surface area contributed by atoms with Crippen molar-refractivity contribution in [2.24, 2.45) is 5.92 Å². The second-order valence-corrected chi connectivity index (χ2v) is 6.62. The number of sulfone groups is 1. The molecule has 100 valence electrons. The van der Waals surface area contributed by atoms with Gasteiger partial charge in [0.15, 0.2) is 9.84 Å². The molecule has 4 nitrogen and oxygen atoms in total. The number of hydrogen-bond donors (Lipinski definition) is 1. The summed E-state index contributed by atoms with van der Waals surface area (Å²) in [6.45, 7) is 3.51. The Hall–Kier alpha value is -1.07. The van der Waals surface area contributed by atoms with Crippen molar-refractivity contribution in [1.82, 2.24) is 0 Å². The van der Waals surface area contributed by atoms with Gasteiger partial charge in [-0.1, -0.05) is 13.0 Å². The lowest BCUT2D eigenvalue weighted by Crippen LogP contribution is -2.22. The number of nitrogens with one attached hydrogen (secondary N) is 1. The van der Waals surface area contributed by atoms with Crippen LogP contribution in [0.5, 0.6) is 0 Å². The van der Waals surface area contributed by atoms with Crippen LogP contribution in [0.4, 0.5) is 5.69 Å². The van der Waals surface area contributed by atoms with E-state index in [1.54, 1.807) is 19.9 Å². The molecule has 1 atom stereocenters. The minimum atomic E-state index is -3.28. The number of halogens is 1. The van der Waals surface area contributed by atoms with Crippen LogP contribution in [0.1, 0.15) is 12.5 Å². The number of rotatable bonds is 4. The van der Waals surface area contributed by atoms with E-state index in [-0.39, 0.29) is 22.6 Å². The van der Waals surface area contributed by atoms with E-state index < -0.39 is 9.84 Å². The van der Waals surface area contributed by atoms with Crippen molar-refractivity contribution in [3.8, 4) is 0 Å². The zero-order chi connectivity index (χ0) is 13.9. The van der Waals surface area contributed by atoms with E-state index >= 15 is 0 Å². The van der Waals surface area contributed by atoms with Gasteiger partial charge in [-0.2, -0.15) is 0 Å². The summed E-state index contributed by atoms with van der Waals surface area (Å²) < 4.78 is 22.9. The van der Waals surface area contributed by atoms with Crippen molar-refractivity contribution in [2.45, 2.75) is 18.7 Å². The lowest BCUT2D eigenvalue weighted by atomic mass is 10.1. The van der Waals surface area contributed by atoms with Gasteiger partial charge < -0.3 is 5.32 Å². The van der Waals surface area contributed by atoms with Crippen LogP contribution in [0.25, 0.3) is 0 Å². The fourth-order valence-corrected chi connectivity index (χ4v) is 2.08. The standard InChI is InChI=1S/C12H16ClNO3S/c1-8-4-5-10(18(3,16)17)6-11(8)14-12(15)9(2)7-13/h4-6,9H,7H2,1-3H3,(H,14,15). The zero-order valence-corrected chi connectivity index (χ0v) is 12.1. The molecule has 0 spiro atoms. The Morgan fingerprint density at radius 1 is 1.44 bits per heavy atom. The molecule has 0 aromatic heterocycles. The molecule has 1 aromatic rings. The van der Waals surface area contributed by atoms with Gasteiger partial charge in [0.1, 0.15) is 0 Å². The highest BCUT2D eigenvalue weighted by Gasteiger charge is 2.14. The summed E-state index contributed by atoms with van der Waals surface area (Å²) in [4.78, 5) is 11.9. The van der Waals surface area contributed by atoms with Gasteiger partial charge in [-0.3, -0.25) is 4.79 Å². The lowest BCUT2D eigenvalue weighted by molar-refractivity contribution is -0.118. The predicted octanol–water partition coefficient (Wildman–Crippen LogP) is 2.21. The first kappa shape index (κ1) is 15.0. The Bertz CT molecular complexity index is 554. The van der Waals surface area contributed by atoms with Crippen molar-refractivity contribution in [3.63, 3.8) is 0 Å². The molecule has 0 radical (unpaired) electrons. The van der Waals surface area contributed by atoms with Gasteiger partial charge in [0, 0.05) is 23.7 Å². The molecule has 0 fully saturated rings. The van der Waals surface area contributed by atoms with Crippen molar-refractivity contribution in [3.05, 3.63) is 23.8 Å². The van der Waals surface area contributed by atoms with Gasteiger partial charge in [-0.25, -0.2) is 8.42 Å². The fraction of sp³-hybridized carbons (Fsp3) is 0.417. The van der Waals surface area contributed by atoms with Crippen molar-refractivity contribution in [1.29, 1.82) is 0 Å². The van der Waals surface area contributed by atoms with E-state index in [1.165, 1.54) is 12.1 Å². The lowest BCUT2D eigenvalue weighted by Gasteiger charge is -2.12. The second kappa shape index (κ2) is 5.71. The SMILES string of the molecule is Cc1ccc(S(C)(=O)=O)cc1NC(=O)C(C)CCl. The average molecular weight is 290 g/mol. The Morgan fingerprint density at radius 2 is 2.06 bits per heavy atom. The fourth-order valence-electron chi connectivity index (χ4n) is 1.29. The molecule has 0 bridgehead atoms. The summed E-state index contributed by atoms with van der Waals surface area (Å²) in [5.41, 5.74) is 1.30. The quantitative estimate of drug-likeness (QED) is 0.865. The number of anilines is 1. The minimum absolute atomic E-state index is 0.182. The van der Waals surface area contributed by atoms with E-state index in [4.69, 9.17) is 11.6 Å². The molecule has 0 aliphatic carbocycles. The van der Waals surface area contributed by atoms with E-state index in [0.717, 1.165) is 11.8 Å². The monoisotopic (exact) mass is 289 g/mol. The molecule has 1 unspecified atom stereocenters. The maximum Gasteiger partial charge on any atom is 0.228 e. The maximum atomic E-state index is 11.7. The third-order valence-corrected chi connectivity index (χ3v) is 4.15. The molecule has 0 aliphatic heterocycles. The van der Waals surface area contributed by atoms with Crippen molar-refractivity contribution in [2.75, 3.05) is 17.5 Å². The van der Waals surface area contributed by atoms with Crippen molar-refractivity contribution >= 4 is 33.0 Å². The van der Waals surface area contributed by atoms with Crippen LogP contribution in [-0.2, 0) is 14.6 Å². The number of amides is 1. The molecular formula is C12H16ClNO3S. The Morgan fingerprint density at radius 3 is 2.56 bits per heavy atom. The molecule has 0 aliphatic rings. The van der Waals surface area contributed by atoms with Gasteiger partial charge in [0.2, 0.25) is 5.91 Å². The summed E-state index contributed by atoms with van der Waals surface area (Å²) in [5, 5.41) is 2.69.